The molecule has 1 fully saturated rings. The number of fused-ring (bicyclic) bond motifs is 1. The third kappa shape index (κ3) is 6.38. The summed E-state index contributed by atoms with van der Waals surface area (Å²) < 4.78 is 27.5. The number of carbonyl (C=O) groups excluding carboxylic acids is 2. The molecule has 0 saturated carbocycles. The lowest BCUT2D eigenvalue weighted by atomic mass is 9.96. The van der Waals surface area contributed by atoms with E-state index >= 15 is 0 Å². The quantitative estimate of drug-likeness (QED) is 0.177. The molecule has 2 amide bonds. The molecule has 1 aliphatic heterocycles. The van der Waals surface area contributed by atoms with Gasteiger partial charge in [-0.1, -0.05) is 36.9 Å². The van der Waals surface area contributed by atoms with E-state index in [0.717, 1.165) is 71.9 Å². The molecule has 0 unspecified atom stereocenters. The SMILES string of the molecule is C=CC(=O)Nc1cc(-c2c(-c3ccc(N4CCN(C)CC4)cc3)[nH]c3ncc(C(=O)NCc4ccc(F)cc4F)cc23)ccc1C. The van der Waals surface area contributed by atoms with E-state index in [1.807, 2.05) is 25.1 Å². The molecule has 0 bridgehead atoms. The van der Waals surface area contributed by atoms with Gasteiger partial charge in [0.1, 0.15) is 17.3 Å². The number of anilines is 2. The van der Waals surface area contributed by atoms with Crippen LogP contribution in [0.2, 0.25) is 0 Å². The molecular weight excluding hydrogens is 586 g/mol. The molecular formula is C36H34F2N6O2. The third-order valence-electron chi connectivity index (χ3n) is 8.36. The Morgan fingerprint density at radius 3 is 2.43 bits per heavy atom. The second kappa shape index (κ2) is 12.9. The maximum atomic E-state index is 14.2. The largest absolute Gasteiger partial charge is 0.369 e. The number of benzene rings is 3. The average Bonchev–Trinajstić information content (AvgIpc) is 3.44. The zero-order chi connectivity index (χ0) is 32.4. The number of hydrogen-bond acceptors (Lipinski definition) is 5. The highest BCUT2D eigenvalue weighted by Crippen LogP contribution is 2.40. The van der Waals surface area contributed by atoms with Crippen molar-refractivity contribution in [2.24, 2.45) is 0 Å². The molecule has 0 aliphatic carbocycles. The number of pyridine rings is 1. The number of likely N-dealkylation sites (N-methyl/N-ethyl adjacent to an activating group) is 1. The highest BCUT2D eigenvalue weighted by Gasteiger charge is 2.20. The molecule has 6 rings (SSSR count). The predicted octanol–water partition coefficient (Wildman–Crippen LogP) is 6.29. The van der Waals surface area contributed by atoms with Gasteiger partial charge in [-0.3, -0.25) is 9.59 Å². The lowest BCUT2D eigenvalue weighted by Gasteiger charge is -2.34. The van der Waals surface area contributed by atoms with E-state index in [-0.39, 0.29) is 23.6 Å². The number of rotatable bonds is 8. The van der Waals surface area contributed by atoms with Gasteiger partial charge in [-0.25, -0.2) is 13.8 Å². The highest BCUT2D eigenvalue weighted by molar-refractivity contribution is 6.07. The van der Waals surface area contributed by atoms with Crippen LogP contribution < -0.4 is 15.5 Å². The molecule has 2 aromatic heterocycles. The van der Waals surface area contributed by atoms with Crippen LogP contribution in [0.3, 0.4) is 0 Å². The number of carbonyl (C=O) groups is 2. The number of nitrogens with zero attached hydrogens (tertiary/aromatic N) is 3. The Balaban J connectivity index is 1.40. The molecule has 3 aromatic carbocycles. The summed E-state index contributed by atoms with van der Waals surface area (Å²) in [7, 11) is 2.13. The molecule has 10 heteroatoms. The number of aryl methyl sites for hydroxylation is 1. The highest BCUT2D eigenvalue weighted by atomic mass is 19.1. The summed E-state index contributed by atoms with van der Waals surface area (Å²) in [5.74, 6) is -2.19. The first-order valence-corrected chi connectivity index (χ1v) is 15.0. The number of nitrogens with one attached hydrogen (secondary N) is 3. The first-order valence-electron chi connectivity index (χ1n) is 15.0. The summed E-state index contributed by atoms with van der Waals surface area (Å²) in [6.45, 7) is 9.28. The second-order valence-corrected chi connectivity index (χ2v) is 11.5. The second-order valence-electron chi connectivity index (χ2n) is 11.5. The van der Waals surface area contributed by atoms with Crippen molar-refractivity contribution in [3.63, 3.8) is 0 Å². The van der Waals surface area contributed by atoms with Gasteiger partial charge in [0.25, 0.3) is 5.91 Å². The van der Waals surface area contributed by atoms with E-state index in [1.165, 1.54) is 18.3 Å². The van der Waals surface area contributed by atoms with Crippen molar-refractivity contribution in [2.75, 3.05) is 43.4 Å². The van der Waals surface area contributed by atoms with Gasteiger partial charge in [-0.15, -0.1) is 0 Å². The Morgan fingerprint density at radius 2 is 1.72 bits per heavy atom. The number of H-pyrrole nitrogens is 1. The van der Waals surface area contributed by atoms with Gasteiger partial charge < -0.3 is 25.4 Å². The van der Waals surface area contributed by atoms with Crippen molar-refractivity contribution >= 4 is 34.2 Å². The van der Waals surface area contributed by atoms with Crippen molar-refractivity contribution < 1.29 is 18.4 Å². The van der Waals surface area contributed by atoms with Crippen molar-refractivity contribution in [3.05, 3.63) is 114 Å². The molecule has 8 nitrogen and oxygen atoms in total. The number of piperazine rings is 1. The molecule has 5 aromatic rings. The summed E-state index contributed by atoms with van der Waals surface area (Å²) in [6, 6.07) is 19.1. The summed E-state index contributed by atoms with van der Waals surface area (Å²) >= 11 is 0. The number of amides is 2. The van der Waals surface area contributed by atoms with Crippen LogP contribution in [-0.2, 0) is 11.3 Å². The molecule has 46 heavy (non-hydrogen) atoms. The topological polar surface area (TPSA) is 93.4 Å². The third-order valence-corrected chi connectivity index (χ3v) is 8.36. The predicted molar refractivity (Wildman–Crippen MR) is 178 cm³/mol. The van der Waals surface area contributed by atoms with E-state index in [4.69, 9.17) is 0 Å². The van der Waals surface area contributed by atoms with Crippen LogP contribution in [0.1, 0.15) is 21.5 Å². The maximum absolute atomic E-state index is 14.2. The monoisotopic (exact) mass is 620 g/mol. The van der Waals surface area contributed by atoms with E-state index in [1.54, 1.807) is 6.07 Å². The first kappa shape index (κ1) is 30.7. The van der Waals surface area contributed by atoms with E-state index in [2.05, 4.69) is 68.3 Å². The van der Waals surface area contributed by atoms with Crippen molar-refractivity contribution in [2.45, 2.75) is 13.5 Å². The summed E-state index contributed by atoms with van der Waals surface area (Å²) in [5.41, 5.74) is 7.04. The van der Waals surface area contributed by atoms with Gasteiger partial charge in [0.05, 0.1) is 11.3 Å². The molecule has 0 spiro atoms. The molecule has 1 aliphatic rings. The van der Waals surface area contributed by atoms with Crippen LogP contribution in [0.25, 0.3) is 33.4 Å². The molecule has 3 N–H and O–H groups in total. The summed E-state index contributed by atoms with van der Waals surface area (Å²) in [4.78, 5) is 38.1. The molecule has 3 heterocycles. The van der Waals surface area contributed by atoms with Gasteiger partial charge in [0.15, 0.2) is 0 Å². The van der Waals surface area contributed by atoms with Crippen molar-refractivity contribution in [1.29, 1.82) is 0 Å². The van der Waals surface area contributed by atoms with Crippen molar-refractivity contribution in [1.82, 2.24) is 20.2 Å². The minimum absolute atomic E-state index is 0.113. The van der Waals surface area contributed by atoms with Crippen LogP contribution in [0, 0.1) is 18.6 Å². The van der Waals surface area contributed by atoms with E-state index in [9.17, 15) is 18.4 Å². The van der Waals surface area contributed by atoms with Gasteiger partial charge in [-0.2, -0.15) is 0 Å². The maximum Gasteiger partial charge on any atom is 0.253 e. The number of aromatic nitrogens is 2. The van der Waals surface area contributed by atoms with Gasteiger partial charge in [-0.05, 0) is 67.1 Å². The normalized spacial score (nSPS) is 13.5. The van der Waals surface area contributed by atoms with Gasteiger partial charge >= 0.3 is 0 Å². The Kier molecular flexibility index (Phi) is 8.63. The molecule has 0 atom stereocenters. The van der Waals surface area contributed by atoms with Crippen LogP contribution in [0.4, 0.5) is 20.2 Å². The van der Waals surface area contributed by atoms with Crippen LogP contribution in [0.5, 0.6) is 0 Å². The fraction of sp³-hybridized carbons (Fsp3) is 0.194. The Hall–Kier alpha value is -5.35. The van der Waals surface area contributed by atoms with Crippen molar-refractivity contribution in [3.8, 4) is 22.4 Å². The lowest BCUT2D eigenvalue weighted by Crippen LogP contribution is -2.44. The Morgan fingerprint density at radius 1 is 0.978 bits per heavy atom. The van der Waals surface area contributed by atoms with Crippen LogP contribution in [-0.4, -0.2) is 59.9 Å². The summed E-state index contributed by atoms with van der Waals surface area (Å²) in [6.07, 6.45) is 2.68. The zero-order valence-corrected chi connectivity index (χ0v) is 25.7. The van der Waals surface area contributed by atoms with E-state index < -0.39 is 17.5 Å². The molecule has 234 valence electrons. The number of hydrogen-bond donors (Lipinski definition) is 3. The zero-order valence-electron chi connectivity index (χ0n) is 25.7. The fourth-order valence-electron chi connectivity index (χ4n) is 5.65. The Labute approximate surface area is 265 Å². The first-order chi connectivity index (χ1) is 22.2. The number of aromatic amines is 1. The fourth-order valence-corrected chi connectivity index (χ4v) is 5.65. The van der Waals surface area contributed by atoms with Gasteiger partial charge in [0.2, 0.25) is 5.91 Å². The standard InChI is InChI=1S/C36H34F2N6O2/c1-4-32(45)41-31-18-24(6-5-22(31)2)33-29-17-26(36(46)40-20-25-7-10-27(37)19-30(25)38)21-39-35(29)42-34(33)23-8-11-28(12-9-23)44-15-13-43(3)14-16-44/h4-12,17-19,21H,1,13-16,20H2,2-3H3,(H,39,42)(H,40,46)(H,41,45). The minimum atomic E-state index is -0.733. The van der Waals surface area contributed by atoms with Crippen LogP contribution in [0.15, 0.2) is 85.6 Å². The lowest BCUT2D eigenvalue weighted by molar-refractivity contribution is -0.111. The van der Waals surface area contributed by atoms with Crippen LogP contribution >= 0.6 is 0 Å². The smallest absolute Gasteiger partial charge is 0.253 e. The number of halogens is 2. The average molecular weight is 621 g/mol. The Bertz CT molecular complexity index is 1940. The molecule has 1 saturated heterocycles. The van der Waals surface area contributed by atoms with Gasteiger partial charge in [0, 0.05) is 72.9 Å². The van der Waals surface area contributed by atoms with E-state index in [0.29, 0.717) is 16.7 Å². The minimum Gasteiger partial charge on any atom is -0.369 e. The summed E-state index contributed by atoms with van der Waals surface area (Å²) in [5, 5.41) is 6.28. The molecule has 0 radical (unpaired) electrons.